The molecule has 0 fully saturated rings. The number of hydrogen-bond acceptors (Lipinski definition) is 5. The first-order valence-corrected chi connectivity index (χ1v) is 18.0. The average molecular weight is 731 g/mol. The van der Waals surface area contributed by atoms with Crippen LogP contribution in [0.25, 0.3) is 11.1 Å². The van der Waals surface area contributed by atoms with Crippen molar-refractivity contribution in [1.29, 1.82) is 0 Å². The Morgan fingerprint density at radius 2 is 1.58 bits per heavy atom. The largest absolute Gasteiger partial charge is 0.441 e. The molecule has 0 spiro atoms. The van der Waals surface area contributed by atoms with Gasteiger partial charge in [-0.1, -0.05) is 95.3 Å². The van der Waals surface area contributed by atoms with Crippen LogP contribution in [0.4, 0.5) is 23.2 Å². The molecule has 2 aromatic carbocycles. The lowest BCUT2D eigenvalue weighted by Gasteiger charge is -2.24. The number of amides is 1. The van der Waals surface area contributed by atoms with E-state index in [4.69, 9.17) is 4.74 Å². The van der Waals surface area contributed by atoms with Gasteiger partial charge < -0.3 is 15.4 Å². The van der Waals surface area contributed by atoms with E-state index in [1.165, 1.54) is 25.4 Å². The summed E-state index contributed by atoms with van der Waals surface area (Å²) in [5.74, 6) is -0.0250. The number of ether oxygens (including phenoxy) is 1. The van der Waals surface area contributed by atoms with Gasteiger partial charge >= 0.3 is 6.18 Å². The molecule has 10 heteroatoms. The summed E-state index contributed by atoms with van der Waals surface area (Å²) < 4.78 is 64.2. The lowest BCUT2D eigenvalue weighted by Crippen LogP contribution is -2.41. The van der Waals surface area contributed by atoms with Crippen LogP contribution in [-0.2, 0) is 16.0 Å². The number of halogens is 4. The van der Waals surface area contributed by atoms with Crippen molar-refractivity contribution in [3.63, 3.8) is 0 Å². The Bertz CT molecular complexity index is 1840. The fraction of sp³-hybridized carbons (Fsp3) is 0.326. The highest BCUT2D eigenvalue weighted by Crippen LogP contribution is 2.36. The summed E-state index contributed by atoms with van der Waals surface area (Å²) >= 11 is 0. The summed E-state index contributed by atoms with van der Waals surface area (Å²) in [6, 6.07) is 13.0. The number of allylic oxidation sites excluding steroid dienone is 7. The number of carbonyl (C=O) groups is 1. The van der Waals surface area contributed by atoms with Crippen molar-refractivity contribution in [3.05, 3.63) is 149 Å². The first-order valence-electron chi connectivity index (χ1n) is 18.0. The number of nitrogens with one attached hydrogen (secondary N) is 2. The smallest absolute Gasteiger partial charge is 0.416 e. The quantitative estimate of drug-likeness (QED) is 0.0774. The van der Waals surface area contributed by atoms with Crippen LogP contribution in [-0.4, -0.2) is 28.1 Å². The lowest BCUT2D eigenvalue weighted by molar-refractivity contribution is -0.118. The Kier molecular flexibility index (Phi) is 16.5. The number of anilines is 1. The number of rotatable bonds is 18. The highest BCUT2D eigenvalue weighted by molar-refractivity contribution is 5.99. The molecule has 6 nitrogen and oxygen atoms in total. The lowest BCUT2D eigenvalue weighted by atomic mass is 9.95. The van der Waals surface area contributed by atoms with Crippen LogP contribution < -0.4 is 10.6 Å². The average Bonchev–Trinajstić information content (AvgIpc) is 3.14. The number of para-hydroxylation sites is 1. The molecular formula is C43H50F4N4O2. The molecule has 2 N–H and O–H groups in total. The highest BCUT2D eigenvalue weighted by atomic mass is 19.4. The number of benzene rings is 2. The van der Waals surface area contributed by atoms with Crippen LogP contribution in [0.2, 0.25) is 0 Å². The molecule has 1 unspecified atom stereocenters. The van der Waals surface area contributed by atoms with Crippen molar-refractivity contribution in [1.82, 2.24) is 15.3 Å². The summed E-state index contributed by atoms with van der Waals surface area (Å²) in [5.41, 5.74) is 1.89. The van der Waals surface area contributed by atoms with Crippen molar-refractivity contribution >= 4 is 22.7 Å². The minimum atomic E-state index is -4.61. The fourth-order valence-corrected chi connectivity index (χ4v) is 5.54. The summed E-state index contributed by atoms with van der Waals surface area (Å²) in [6.07, 6.45) is 9.11. The number of alkyl halides is 3. The topological polar surface area (TPSA) is 76.1 Å². The van der Waals surface area contributed by atoms with E-state index in [-0.39, 0.29) is 22.9 Å². The van der Waals surface area contributed by atoms with E-state index < -0.39 is 29.5 Å². The van der Waals surface area contributed by atoms with Gasteiger partial charge in [0.25, 0.3) is 0 Å². The normalized spacial score (nSPS) is 13.8. The van der Waals surface area contributed by atoms with Gasteiger partial charge in [-0.15, -0.1) is 0 Å². The predicted octanol–water partition coefficient (Wildman–Crippen LogP) is 11.4. The second-order valence-corrected chi connectivity index (χ2v) is 12.2. The van der Waals surface area contributed by atoms with E-state index in [1.807, 2.05) is 58.0 Å². The molecule has 1 atom stereocenters. The Labute approximate surface area is 311 Å². The van der Waals surface area contributed by atoms with E-state index in [0.29, 0.717) is 60.2 Å². The maximum Gasteiger partial charge on any atom is 0.416 e. The SMILES string of the molecule is C=C(c1ccccc1)c1cccc(F)c1NC(=O)C(CCC)N/C(=C\CC)O/C(=C\CC)C(=CC)/C(=C\C(=C/C)C(F)(F)F)c1cnc(CCC)nc1. The molecule has 0 aliphatic carbocycles. The number of hydrogen-bond donors (Lipinski definition) is 2. The minimum Gasteiger partial charge on any atom is -0.441 e. The third-order valence-electron chi connectivity index (χ3n) is 8.19. The zero-order chi connectivity index (χ0) is 39.0. The van der Waals surface area contributed by atoms with Crippen LogP contribution >= 0.6 is 0 Å². The first-order chi connectivity index (χ1) is 25.4. The molecule has 0 aliphatic rings. The van der Waals surface area contributed by atoms with Gasteiger partial charge in [0, 0.05) is 35.5 Å². The Hall–Kier alpha value is -5.25. The molecule has 0 aliphatic heterocycles. The van der Waals surface area contributed by atoms with Crippen LogP contribution in [0.15, 0.2) is 121 Å². The van der Waals surface area contributed by atoms with Gasteiger partial charge in [0.05, 0.1) is 11.3 Å². The molecule has 0 radical (unpaired) electrons. The fourth-order valence-electron chi connectivity index (χ4n) is 5.54. The molecule has 1 heterocycles. The standard InChI is InChI=1S/C43H50F4N4O2/c1-8-18-37(42(52)51-41-34(24-17-25-36(41)44)29(7)30-22-15-14-16-23-30)50-40(21-11-4)53-38(19-9-2)33(13-6)35(26-32(12-5)43(45,46)47)31-27-48-39(20-10-3)49-28-31/h12-17,19,21-28,37,50H,7-11,18,20H2,1-6H3,(H,51,52)/b32-12+,33-13?,35-26-,38-19-,40-21+. The maximum absolute atomic E-state index is 15.4. The van der Waals surface area contributed by atoms with E-state index in [9.17, 15) is 18.0 Å². The van der Waals surface area contributed by atoms with Gasteiger partial charge in [-0.05, 0) is 80.5 Å². The van der Waals surface area contributed by atoms with Crippen LogP contribution in [0.5, 0.6) is 0 Å². The van der Waals surface area contributed by atoms with Gasteiger partial charge in [-0.3, -0.25) is 4.79 Å². The number of nitrogens with zero attached hydrogens (tertiary/aromatic N) is 2. The predicted molar refractivity (Wildman–Crippen MR) is 207 cm³/mol. The van der Waals surface area contributed by atoms with Gasteiger partial charge in [-0.2, -0.15) is 13.2 Å². The highest BCUT2D eigenvalue weighted by Gasteiger charge is 2.33. The van der Waals surface area contributed by atoms with Crippen LogP contribution in [0.3, 0.4) is 0 Å². The van der Waals surface area contributed by atoms with Crippen molar-refractivity contribution in [3.8, 4) is 0 Å². The van der Waals surface area contributed by atoms with Gasteiger partial charge in [0.2, 0.25) is 5.91 Å². The second-order valence-electron chi connectivity index (χ2n) is 12.2. The van der Waals surface area contributed by atoms with Crippen LogP contribution in [0.1, 0.15) is 96.2 Å². The summed E-state index contributed by atoms with van der Waals surface area (Å²) in [5, 5.41) is 5.99. The van der Waals surface area contributed by atoms with Gasteiger partial charge in [-0.25, -0.2) is 14.4 Å². The first kappa shape index (κ1) is 42.2. The number of carbonyl (C=O) groups excluding carboxylic acids is 1. The molecule has 1 amide bonds. The van der Waals surface area contributed by atoms with Crippen LogP contribution in [0, 0.1) is 5.82 Å². The van der Waals surface area contributed by atoms with E-state index in [1.54, 1.807) is 37.3 Å². The summed E-state index contributed by atoms with van der Waals surface area (Å²) in [4.78, 5) is 22.7. The zero-order valence-electron chi connectivity index (χ0n) is 31.4. The Morgan fingerprint density at radius 3 is 2.15 bits per heavy atom. The minimum absolute atomic E-state index is 0.00497. The Balaban J connectivity index is 2.02. The van der Waals surface area contributed by atoms with Crippen molar-refractivity contribution < 1.29 is 27.1 Å². The zero-order valence-corrected chi connectivity index (χ0v) is 31.4. The van der Waals surface area contributed by atoms with E-state index in [2.05, 4.69) is 27.2 Å². The van der Waals surface area contributed by atoms with Crippen molar-refractivity contribution in [2.75, 3.05) is 5.32 Å². The van der Waals surface area contributed by atoms with Crippen molar-refractivity contribution in [2.24, 2.45) is 0 Å². The van der Waals surface area contributed by atoms with E-state index in [0.717, 1.165) is 24.1 Å². The molecule has 0 bridgehead atoms. The molecule has 53 heavy (non-hydrogen) atoms. The molecular weight excluding hydrogens is 680 g/mol. The molecule has 3 aromatic rings. The van der Waals surface area contributed by atoms with Gasteiger partial charge in [0.15, 0.2) is 5.88 Å². The third kappa shape index (κ3) is 11.9. The van der Waals surface area contributed by atoms with Crippen molar-refractivity contribution in [2.45, 2.75) is 92.3 Å². The monoisotopic (exact) mass is 730 g/mol. The second kappa shape index (κ2) is 20.7. The van der Waals surface area contributed by atoms with E-state index >= 15 is 4.39 Å². The number of aryl methyl sites for hydroxylation is 1. The molecule has 1 aromatic heterocycles. The molecule has 282 valence electrons. The summed E-state index contributed by atoms with van der Waals surface area (Å²) in [6.45, 7) is 14.9. The van der Waals surface area contributed by atoms with Gasteiger partial charge in [0.1, 0.15) is 23.4 Å². The number of aromatic nitrogens is 2. The Morgan fingerprint density at radius 1 is 0.906 bits per heavy atom. The molecule has 0 saturated heterocycles. The maximum atomic E-state index is 15.4. The third-order valence-corrected chi connectivity index (χ3v) is 8.19. The molecule has 3 rings (SSSR count). The summed E-state index contributed by atoms with van der Waals surface area (Å²) in [7, 11) is 0. The molecule has 0 saturated carbocycles.